The molecule has 1 aromatic carbocycles. The van der Waals surface area contributed by atoms with Crippen LogP contribution in [0.3, 0.4) is 0 Å². The van der Waals surface area contributed by atoms with Gasteiger partial charge in [0, 0.05) is 23.6 Å². The van der Waals surface area contributed by atoms with Crippen molar-refractivity contribution in [3.63, 3.8) is 0 Å². The van der Waals surface area contributed by atoms with E-state index in [2.05, 4.69) is 20.3 Å². The first-order chi connectivity index (χ1) is 11.2. The zero-order valence-electron chi connectivity index (χ0n) is 13.2. The van der Waals surface area contributed by atoms with E-state index in [9.17, 15) is 0 Å². The summed E-state index contributed by atoms with van der Waals surface area (Å²) < 4.78 is 5.72. The van der Waals surface area contributed by atoms with Crippen molar-refractivity contribution in [3.8, 4) is 5.75 Å². The van der Waals surface area contributed by atoms with Crippen molar-refractivity contribution in [3.05, 3.63) is 71.9 Å². The predicted octanol–water partition coefficient (Wildman–Crippen LogP) is 3.81. The van der Waals surface area contributed by atoms with Crippen LogP contribution in [0.25, 0.3) is 0 Å². The van der Waals surface area contributed by atoms with E-state index in [1.807, 2.05) is 62.5 Å². The molecule has 0 saturated heterocycles. The SMILES string of the molecule is Cc1ncc(C)c(Nc2ccc(OCc3ccccn3)cc2)n1. The molecule has 0 fully saturated rings. The van der Waals surface area contributed by atoms with Crippen molar-refractivity contribution in [2.24, 2.45) is 0 Å². The number of aryl methyl sites for hydroxylation is 2. The van der Waals surface area contributed by atoms with Gasteiger partial charge in [-0.05, 0) is 50.2 Å². The van der Waals surface area contributed by atoms with E-state index in [0.29, 0.717) is 6.61 Å². The topological polar surface area (TPSA) is 59.9 Å². The standard InChI is InChI=1S/C18H18N4O/c1-13-11-20-14(2)21-18(13)22-15-6-8-17(9-7-15)23-12-16-5-3-4-10-19-16/h3-11H,12H2,1-2H3,(H,20,21,22). The maximum atomic E-state index is 5.72. The van der Waals surface area contributed by atoms with Gasteiger partial charge in [-0.25, -0.2) is 9.97 Å². The van der Waals surface area contributed by atoms with Gasteiger partial charge >= 0.3 is 0 Å². The number of pyridine rings is 1. The van der Waals surface area contributed by atoms with Crippen molar-refractivity contribution in [2.75, 3.05) is 5.32 Å². The highest BCUT2D eigenvalue weighted by atomic mass is 16.5. The monoisotopic (exact) mass is 306 g/mol. The van der Waals surface area contributed by atoms with Gasteiger partial charge in [0.1, 0.15) is 24.0 Å². The quantitative estimate of drug-likeness (QED) is 0.776. The summed E-state index contributed by atoms with van der Waals surface area (Å²) in [4.78, 5) is 12.8. The average molecular weight is 306 g/mol. The lowest BCUT2D eigenvalue weighted by Gasteiger charge is -2.10. The third kappa shape index (κ3) is 4.03. The number of anilines is 2. The van der Waals surface area contributed by atoms with E-state index in [-0.39, 0.29) is 0 Å². The van der Waals surface area contributed by atoms with E-state index < -0.39 is 0 Å². The highest BCUT2D eigenvalue weighted by molar-refractivity contribution is 5.59. The predicted molar refractivity (Wildman–Crippen MR) is 89.8 cm³/mol. The molecule has 1 N–H and O–H groups in total. The molecule has 0 aliphatic carbocycles. The highest BCUT2D eigenvalue weighted by Gasteiger charge is 2.03. The van der Waals surface area contributed by atoms with Gasteiger partial charge in [-0.3, -0.25) is 4.98 Å². The lowest BCUT2D eigenvalue weighted by Crippen LogP contribution is -2.00. The zero-order valence-corrected chi connectivity index (χ0v) is 13.2. The van der Waals surface area contributed by atoms with Crippen molar-refractivity contribution in [1.82, 2.24) is 15.0 Å². The Morgan fingerprint density at radius 2 is 1.83 bits per heavy atom. The van der Waals surface area contributed by atoms with Crippen molar-refractivity contribution in [1.29, 1.82) is 0 Å². The van der Waals surface area contributed by atoms with Crippen LogP contribution in [-0.2, 0) is 6.61 Å². The third-order valence-corrected chi connectivity index (χ3v) is 3.32. The second kappa shape index (κ2) is 6.87. The lowest BCUT2D eigenvalue weighted by molar-refractivity contribution is 0.301. The van der Waals surface area contributed by atoms with E-state index in [1.165, 1.54) is 0 Å². The Hall–Kier alpha value is -2.95. The first-order valence-corrected chi connectivity index (χ1v) is 7.41. The smallest absolute Gasteiger partial charge is 0.136 e. The maximum Gasteiger partial charge on any atom is 0.136 e. The molecule has 0 aliphatic heterocycles. The van der Waals surface area contributed by atoms with E-state index >= 15 is 0 Å². The molecule has 0 radical (unpaired) electrons. The molecule has 0 spiro atoms. The van der Waals surface area contributed by atoms with Crippen LogP contribution in [0.1, 0.15) is 17.1 Å². The van der Waals surface area contributed by atoms with Gasteiger partial charge in [0.15, 0.2) is 0 Å². The molecule has 5 nitrogen and oxygen atoms in total. The Morgan fingerprint density at radius 1 is 1.00 bits per heavy atom. The second-order valence-electron chi connectivity index (χ2n) is 5.21. The summed E-state index contributed by atoms with van der Waals surface area (Å²) >= 11 is 0. The van der Waals surface area contributed by atoms with Gasteiger partial charge in [0.25, 0.3) is 0 Å². The molecule has 3 aromatic rings. The molecular formula is C18H18N4O. The fraction of sp³-hybridized carbons (Fsp3) is 0.167. The van der Waals surface area contributed by atoms with Crippen molar-refractivity contribution in [2.45, 2.75) is 20.5 Å². The Kier molecular flexibility index (Phi) is 4.47. The van der Waals surface area contributed by atoms with Gasteiger partial charge in [-0.2, -0.15) is 0 Å². The Bertz CT molecular complexity index is 773. The minimum Gasteiger partial charge on any atom is -0.487 e. The van der Waals surface area contributed by atoms with Crippen molar-refractivity contribution >= 4 is 11.5 Å². The molecule has 116 valence electrons. The zero-order chi connectivity index (χ0) is 16.1. The minimum absolute atomic E-state index is 0.456. The number of hydrogen-bond acceptors (Lipinski definition) is 5. The number of nitrogens with zero attached hydrogens (tertiary/aromatic N) is 3. The molecule has 0 unspecified atom stereocenters. The van der Waals surface area contributed by atoms with Gasteiger partial charge in [0.2, 0.25) is 0 Å². The van der Waals surface area contributed by atoms with Gasteiger partial charge < -0.3 is 10.1 Å². The van der Waals surface area contributed by atoms with E-state index in [4.69, 9.17) is 4.74 Å². The van der Waals surface area contributed by atoms with E-state index in [1.54, 1.807) is 6.20 Å². The van der Waals surface area contributed by atoms with Crippen LogP contribution < -0.4 is 10.1 Å². The minimum atomic E-state index is 0.456. The molecule has 0 saturated carbocycles. The Balaban J connectivity index is 1.64. The summed E-state index contributed by atoms with van der Waals surface area (Å²) in [6.07, 6.45) is 3.58. The molecule has 23 heavy (non-hydrogen) atoms. The number of nitrogens with one attached hydrogen (secondary N) is 1. The summed E-state index contributed by atoms with van der Waals surface area (Å²) in [6, 6.07) is 13.6. The highest BCUT2D eigenvalue weighted by Crippen LogP contribution is 2.21. The summed E-state index contributed by atoms with van der Waals surface area (Å²) in [5, 5.41) is 3.30. The largest absolute Gasteiger partial charge is 0.487 e. The number of ether oxygens (including phenoxy) is 1. The molecule has 0 bridgehead atoms. The molecule has 0 atom stereocenters. The lowest BCUT2D eigenvalue weighted by atomic mass is 10.2. The first-order valence-electron chi connectivity index (χ1n) is 7.41. The molecule has 3 rings (SSSR count). The average Bonchev–Trinajstić information content (AvgIpc) is 2.58. The summed E-state index contributed by atoms with van der Waals surface area (Å²) in [6.45, 7) is 4.31. The summed E-state index contributed by atoms with van der Waals surface area (Å²) in [7, 11) is 0. The number of aromatic nitrogens is 3. The fourth-order valence-electron chi connectivity index (χ4n) is 2.07. The second-order valence-corrected chi connectivity index (χ2v) is 5.21. The normalized spacial score (nSPS) is 10.3. The molecular weight excluding hydrogens is 288 g/mol. The summed E-state index contributed by atoms with van der Waals surface area (Å²) in [5.41, 5.74) is 2.87. The van der Waals surface area contributed by atoms with Crippen LogP contribution in [0, 0.1) is 13.8 Å². The van der Waals surface area contributed by atoms with Gasteiger partial charge in [-0.15, -0.1) is 0 Å². The van der Waals surface area contributed by atoms with Crippen LogP contribution in [0.2, 0.25) is 0 Å². The van der Waals surface area contributed by atoms with Gasteiger partial charge in [0.05, 0.1) is 5.69 Å². The number of benzene rings is 1. The molecule has 0 amide bonds. The summed E-state index contributed by atoms with van der Waals surface area (Å²) in [5.74, 6) is 2.37. The number of hydrogen-bond donors (Lipinski definition) is 1. The van der Waals surface area contributed by atoms with Gasteiger partial charge in [-0.1, -0.05) is 6.07 Å². The van der Waals surface area contributed by atoms with Crippen molar-refractivity contribution < 1.29 is 4.74 Å². The van der Waals surface area contributed by atoms with Crippen LogP contribution in [0.15, 0.2) is 54.9 Å². The first kappa shape index (κ1) is 15.0. The molecule has 2 heterocycles. The maximum absolute atomic E-state index is 5.72. The Labute approximate surface area is 135 Å². The third-order valence-electron chi connectivity index (χ3n) is 3.32. The Morgan fingerprint density at radius 3 is 2.57 bits per heavy atom. The van der Waals surface area contributed by atoms with Crippen LogP contribution >= 0.6 is 0 Å². The fourth-order valence-corrected chi connectivity index (χ4v) is 2.07. The molecule has 0 aliphatic rings. The van der Waals surface area contributed by atoms with Crippen LogP contribution in [0.5, 0.6) is 5.75 Å². The number of rotatable bonds is 5. The van der Waals surface area contributed by atoms with Crippen LogP contribution in [-0.4, -0.2) is 15.0 Å². The molecule has 2 aromatic heterocycles. The van der Waals surface area contributed by atoms with Crippen LogP contribution in [0.4, 0.5) is 11.5 Å². The van der Waals surface area contributed by atoms with E-state index in [0.717, 1.165) is 34.3 Å². The molecule has 5 heteroatoms.